The van der Waals surface area contributed by atoms with Gasteiger partial charge in [-0.2, -0.15) is 8.42 Å². The molecular formula is C20H18N4NaO5S+. The van der Waals surface area contributed by atoms with E-state index in [1.54, 1.807) is 30.9 Å². The minimum atomic E-state index is -4.71. The number of benzene rings is 2. The molecule has 1 aromatic heterocycles. The number of aryl methyl sites for hydroxylation is 1. The fourth-order valence-corrected chi connectivity index (χ4v) is 4.20. The number of carbonyl (C=O) groups is 2. The van der Waals surface area contributed by atoms with Gasteiger partial charge in [-0.05, 0) is 12.5 Å². The molecule has 1 aliphatic carbocycles. The van der Waals surface area contributed by atoms with Crippen LogP contribution in [0.25, 0.3) is 0 Å². The van der Waals surface area contributed by atoms with Gasteiger partial charge < -0.3 is 15.6 Å². The topological polar surface area (TPSA) is 144 Å². The fourth-order valence-electron chi connectivity index (χ4n) is 3.55. The predicted octanol–water partition coefficient (Wildman–Crippen LogP) is -1.01. The Labute approximate surface area is 200 Å². The summed E-state index contributed by atoms with van der Waals surface area (Å²) in [4.78, 5) is 29.5. The van der Waals surface area contributed by atoms with E-state index >= 15 is 0 Å². The Morgan fingerprint density at radius 1 is 1.10 bits per heavy atom. The van der Waals surface area contributed by atoms with Crippen molar-refractivity contribution in [2.24, 2.45) is 0 Å². The van der Waals surface area contributed by atoms with E-state index in [9.17, 15) is 22.6 Å². The number of rotatable bonds is 6. The fraction of sp³-hybridized carbons (Fsp3) is 0.150. The van der Waals surface area contributed by atoms with Crippen LogP contribution in [0, 0.1) is 0 Å². The van der Waals surface area contributed by atoms with Crippen molar-refractivity contribution in [2.75, 3.05) is 17.6 Å². The molecule has 4 rings (SSSR count). The van der Waals surface area contributed by atoms with Gasteiger partial charge in [0.1, 0.15) is 4.90 Å². The van der Waals surface area contributed by atoms with E-state index in [4.69, 9.17) is 5.73 Å². The van der Waals surface area contributed by atoms with E-state index in [2.05, 4.69) is 10.3 Å². The van der Waals surface area contributed by atoms with Crippen LogP contribution in [0.15, 0.2) is 53.9 Å². The molecular weight excluding hydrogens is 431 g/mol. The van der Waals surface area contributed by atoms with E-state index in [1.165, 1.54) is 12.1 Å². The number of carbonyl (C=O) groups excluding carboxylic acids is 2. The summed E-state index contributed by atoms with van der Waals surface area (Å²) < 4.78 is 35.2. The van der Waals surface area contributed by atoms with Gasteiger partial charge in [-0.1, -0.05) is 24.3 Å². The van der Waals surface area contributed by atoms with Gasteiger partial charge >= 0.3 is 29.6 Å². The Morgan fingerprint density at radius 3 is 2.32 bits per heavy atom. The Balaban J connectivity index is 0.00000272. The van der Waals surface area contributed by atoms with Gasteiger partial charge in [0.05, 0.1) is 23.1 Å². The van der Waals surface area contributed by atoms with Gasteiger partial charge in [0.2, 0.25) is 0 Å². The number of hydrogen-bond acceptors (Lipinski definition) is 7. The van der Waals surface area contributed by atoms with Crippen LogP contribution in [-0.2, 0) is 16.7 Å². The second-order valence-electron chi connectivity index (χ2n) is 6.85. The molecule has 0 radical (unpaired) electrons. The SMILES string of the molecule is Nc1c(S(=O)(=O)O)cc(NCCCn2ccnc2)c2c1C(=O)c1ccccc1C2=O.[Na+]. The van der Waals surface area contributed by atoms with Crippen LogP contribution < -0.4 is 40.6 Å². The number of nitrogen functional groups attached to an aromatic ring is 1. The number of nitrogens with two attached hydrogens (primary N) is 1. The maximum absolute atomic E-state index is 13.1. The van der Waals surface area contributed by atoms with E-state index in [0.29, 0.717) is 19.5 Å². The number of anilines is 2. The minimum Gasteiger partial charge on any atom is -0.397 e. The van der Waals surface area contributed by atoms with Gasteiger partial charge in [0.15, 0.2) is 11.6 Å². The van der Waals surface area contributed by atoms with Crippen LogP contribution in [0.4, 0.5) is 11.4 Å². The largest absolute Gasteiger partial charge is 1.00 e. The van der Waals surface area contributed by atoms with Gasteiger partial charge in [0.25, 0.3) is 10.1 Å². The van der Waals surface area contributed by atoms with E-state index in [1.807, 2.05) is 4.57 Å². The molecule has 1 heterocycles. The molecule has 0 saturated heterocycles. The van der Waals surface area contributed by atoms with E-state index < -0.39 is 32.3 Å². The number of nitrogens with one attached hydrogen (secondary N) is 1. The van der Waals surface area contributed by atoms with Crippen LogP contribution in [0.2, 0.25) is 0 Å². The van der Waals surface area contributed by atoms with Crippen LogP contribution in [0.1, 0.15) is 38.3 Å². The molecule has 154 valence electrons. The standard InChI is InChI=1S/C20H18N4O5S.Na/c21-18-15(30(27,28)29)10-14(23-6-3-8-24-9-7-22-11-24)16-17(18)20(26)13-5-2-1-4-12(13)19(16)25;/h1-2,4-5,7,9-11,23H,3,6,8,21H2,(H,27,28,29);/q;+1. The molecule has 0 spiro atoms. The van der Waals surface area contributed by atoms with E-state index in [-0.39, 0.29) is 57.5 Å². The Bertz CT molecular complexity index is 1270. The Kier molecular flexibility index (Phi) is 6.68. The van der Waals surface area contributed by atoms with E-state index in [0.717, 1.165) is 6.07 Å². The normalized spacial score (nSPS) is 12.7. The maximum Gasteiger partial charge on any atom is 1.00 e. The zero-order chi connectivity index (χ0) is 21.5. The molecule has 0 bridgehead atoms. The summed E-state index contributed by atoms with van der Waals surface area (Å²) in [6.07, 6.45) is 5.76. The molecule has 2 aromatic carbocycles. The molecule has 9 nitrogen and oxygen atoms in total. The van der Waals surface area contributed by atoms with Gasteiger partial charge in [0, 0.05) is 42.3 Å². The number of imidazole rings is 1. The van der Waals surface area contributed by atoms with Crippen molar-refractivity contribution in [1.82, 2.24) is 9.55 Å². The molecule has 0 amide bonds. The Morgan fingerprint density at radius 2 is 1.74 bits per heavy atom. The summed E-state index contributed by atoms with van der Waals surface area (Å²) in [5.41, 5.74) is 5.77. The third-order valence-electron chi connectivity index (χ3n) is 4.95. The van der Waals surface area contributed by atoms with Gasteiger partial charge in [-0.3, -0.25) is 14.1 Å². The average Bonchev–Trinajstić information content (AvgIpc) is 3.22. The number of aromatic nitrogens is 2. The quantitative estimate of drug-likeness (QED) is 0.147. The average molecular weight is 449 g/mol. The van der Waals surface area contributed by atoms with Crippen molar-refractivity contribution in [2.45, 2.75) is 17.9 Å². The zero-order valence-electron chi connectivity index (χ0n) is 16.7. The molecule has 0 aliphatic heterocycles. The summed E-state index contributed by atoms with van der Waals surface area (Å²) in [6, 6.07) is 7.36. The Hall–Kier alpha value is -2.50. The molecule has 3 aromatic rings. The van der Waals surface area contributed by atoms with Crippen molar-refractivity contribution in [3.05, 3.63) is 71.3 Å². The van der Waals surface area contributed by atoms with Crippen molar-refractivity contribution >= 4 is 33.1 Å². The number of nitrogens with zero attached hydrogens (tertiary/aromatic N) is 2. The van der Waals surface area contributed by atoms with Crippen molar-refractivity contribution in [3.63, 3.8) is 0 Å². The summed E-state index contributed by atoms with van der Waals surface area (Å²) >= 11 is 0. The predicted molar refractivity (Wildman–Crippen MR) is 109 cm³/mol. The van der Waals surface area contributed by atoms with Crippen LogP contribution >= 0.6 is 0 Å². The maximum atomic E-state index is 13.1. The summed E-state index contributed by atoms with van der Waals surface area (Å²) in [5.74, 6) is -1.00. The summed E-state index contributed by atoms with van der Waals surface area (Å²) in [5, 5.41) is 3.02. The second-order valence-corrected chi connectivity index (χ2v) is 8.24. The van der Waals surface area contributed by atoms with Crippen LogP contribution in [-0.4, -0.2) is 40.6 Å². The number of ketones is 2. The van der Waals surface area contributed by atoms with Crippen LogP contribution in [0.5, 0.6) is 0 Å². The van der Waals surface area contributed by atoms with Gasteiger partial charge in [-0.15, -0.1) is 0 Å². The van der Waals surface area contributed by atoms with Gasteiger partial charge in [-0.25, -0.2) is 4.98 Å². The third-order valence-corrected chi connectivity index (χ3v) is 5.84. The second kappa shape index (κ2) is 8.93. The van der Waals surface area contributed by atoms with Crippen molar-refractivity contribution in [1.29, 1.82) is 0 Å². The van der Waals surface area contributed by atoms with Crippen molar-refractivity contribution < 1.29 is 52.1 Å². The van der Waals surface area contributed by atoms with Crippen LogP contribution in [0.3, 0.4) is 0 Å². The third kappa shape index (κ3) is 4.30. The molecule has 1 aliphatic rings. The molecule has 0 unspecified atom stereocenters. The first-order valence-electron chi connectivity index (χ1n) is 9.11. The number of fused-ring (bicyclic) bond motifs is 2. The molecule has 11 heteroatoms. The summed E-state index contributed by atoms with van der Waals surface area (Å²) in [7, 11) is -4.71. The number of hydrogen-bond donors (Lipinski definition) is 3. The first-order valence-corrected chi connectivity index (χ1v) is 10.5. The monoisotopic (exact) mass is 449 g/mol. The molecule has 0 fully saturated rings. The smallest absolute Gasteiger partial charge is 0.397 e. The molecule has 31 heavy (non-hydrogen) atoms. The first kappa shape index (κ1) is 23.2. The minimum absolute atomic E-state index is 0. The first-order chi connectivity index (χ1) is 14.3. The molecule has 0 saturated carbocycles. The van der Waals surface area contributed by atoms with Crippen molar-refractivity contribution in [3.8, 4) is 0 Å². The molecule has 4 N–H and O–H groups in total. The summed E-state index contributed by atoms with van der Waals surface area (Å²) in [6.45, 7) is 1.02. The molecule has 0 atom stereocenters. The zero-order valence-corrected chi connectivity index (χ0v) is 19.5.